The molecule has 1 aromatic rings. The maximum atomic E-state index is 10.6. The third-order valence-electron chi connectivity index (χ3n) is 2.27. The smallest absolute Gasteiger partial charge is 0.350 e. The number of nitro groups is 1. The molecule has 0 saturated heterocycles. The van der Waals surface area contributed by atoms with Gasteiger partial charge in [-0.25, -0.2) is 4.68 Å². The predicted octanol–water partition coefficient (Wildman–Crippen LogP) is 1.35. The van der Waals surface area contributed by atoms with Crippen molar-refractivity contribution in [2.75, 3.05) is 0 Å². The van der Waals surface area contributed by atoms with Gasteiger partial charge in [-0.3, -0.25) is 10.1 Å². The zero-order valence-corrected chi connectivity index (χ0v) is 8.06. The Morgan fingerprint density at radius 3 is 3.07 bits per heavy atom. The van der Waals surface area contributed by atoms with E-state index in [1.54, 1.807) is 0 Å². The van der Waals surface area contributed by atoms with Crippen molar-refractivity contribution in [3.05, 3.63) is 16.3 Å². The second kappa shape index (κ2) is 2.70. The van der Waals surface area contributed by atoms with E-state index in [-0.39, 0.29) is 17.2 Å². The molecule has 0 radical (unpaired) electrons. The lowest BCUT2D eigenvalue weighted by Crippen LogP contribution is -2.35. The van der Waals surface area contributed by atoms with Gasteiger partial charge in [0.2, 0.25) is 0 Å². The molecule has 0 amide bonds. The van der Waals surface area contributed by atoms with Gasteiger partial charge in [0, 0.05) is 13.0 Å². The summed E-state index contributed by atoms with van der Waals surface area (Å²) in [5.74, 6) is 0.270. The average Bonchev–Trinajstić information content (AvgIpc) is 2.44. The molecule has 0 spiro atoms. The minimum absolute atomic E-state index is 0.0576. The molecule has 6 heteroatoms. The highest BCUT2D eigenvalue weighted by molar-refractivity contribution is 5.40. The number of fused-ring (bicyclic) bond motifs is 1. The van der Waals surface area contributed by atoms with Crippen LogP contribution in [0.25, 0.3) is 0 Å². The van der Waals surface area contributed by atoms with Gasteiger partial charge in [0.25, 0.3) is 5.88 Å². The first-order valence-corrected chi connectivity index (χ1v) is 4.39. The molecule has 0 N–H and O–H groups in total. The third kappa shape index (κ3) is 1.32. The molecule has 2 rings (SSSR count). The summed E-state index contributed by atoms with van der Waals surface area (Å²) in [6.07, 6.45) is 2.04. The second-order valence-electron chi connectivity index (χ2n) is 3.93. The van der Waals surface area contributed by atoms with E-state index in [9.17, 15) is 10.1 Å². The molecular formula is C8H11N3O3. The lowest BCUT2D eigenvalue weighted by atomic mass is 10.0. The van der Waals surface area contributed by atoms with Crippen molar-refractivity contribution in [1.82, 2.24) is 9.78 Å². The summed E-state index contributed by atoms with van der Waals surface area (Å²) in [7, 11) is 0. The van der Waals surface area contributed by atoms with Crippen molar-refractivity contribution in [3.63, 3.8) is 0 Å². The molecule has 14 heavy (non-hydrogen) atoms. The maximum absolute atomic E-state index is 10.6. The van der Waals surface area contributed by atoms with Crippen LogP contribution in [0.15, 0.2) is 6.20 Å². The zero-order chi connectivity index (χ0) is 10.3. The number of nitrogens with zero attached hydrogens (tertiary/aromatic N) is 3. The largest absolute Gasteiger partial charge is 0.467 e. The van der Waals surface area contributed by atoms with E-state index in [0.29, 0.717) is 6.54 Å². The molecule has 1 aliphatic heterocycles. The SMILES string of the molecule is CC1(C)CCn2ncc([N+](=O)[O-])c2O1. The van der Waals surface area contributed by atoms with E-state index in [4.69, 9.17) is 4.74 Å². The normalized spacial score (nSPS) is 18.4. The number of aromatic nitrogens is 2. The van der Waals surface area contributed by atoms with Crippen molar-refractivity contribution >= 4 is 5.69 Å². The average molecular weight is 197 g/mol. The molecule has 0 atom stereocenters. The van der Waals surface area contributed by atoms with E-state index in [1.165, 1.54) is 10.9 Å². The molecular weight excluding hydrogens is 186 g/mol. The minimum atomic E-state index is -0.472. The van der Waals surface area contributed by atoms with Crippen LogP contribution < -0.4 is 4.74 Å². The Kier molecular flexibility index (Phi) is 1.73. The quantitative estimate of drug-likeness (QED) is 0.503. The van der Waals surface area contributed by atoms with Crippen LogP contribution in [0.1, 0.15) is 20.3 Å². The number of rotatable bonds is 1. The van der Waals surface area contributed by atoms with Crippen LogP contribution in [-0.2, 0) is 6.54 Å². The monoisotopic (exact) mass is 197 g/mol. The first-order valence-electron chi connectivity index (χ1n) is 4.39. The van der Waals surface area contributed by atoms with Gasteiger partial charge in [-0.1, -0.05) is 0 Å². The first kappa shape index (κ1) is 8.98. The third-order valence-corrected chi connectivity index (χ3v) is 2.27. The standard InChI is InChI=1S/C8H11N3O3/c1-8(2)3-4-10-7(14-8)6(5-9-10)11(12)13/h5H,3-4H2,1-2H3. The fourth-order valence-corrected chi connectivity index (χ4v) is 1.44. The van der Waals surface area contributed by atoms with Crippen LogP contribution in [0.5, 0.6) is 5.88 Å². The minimum Gasteiger partial charge on any atom is -0.467 e. The molecule has 6 nitrogen and oxygen atoms in total. The Labute approximate surface area is 80.6 Å². The van der Waals surface area contributed by atoms with Crippen LogP contribution in [0, 0.1) is 10.1 Å². The Morgan fingerprint density at radius 1 is 1.71 bits per heavy atom. The zero-order valence-electron chi connectivity index (χ0n) is 8.06. The van der Waals surface area contributed by atoms with E-state index < -0.39 is 4.92 Å². The van der Waals surface area contributed by atoms with E-state index in [1.807, 2.05) is 13.8 Å². The lowest BCUT2D eigenvalue weighted by molar-refractivity contribution is -0.386. The fourth-order valence-electron chi connectivity index (χ4n) is 1.44. The van der Waals surface area contributed by atoms with E-state index in [0.717, 1.165) is 6.42 Å². The van der Waals surface area contributed by atoms with E-state index >= 15 is 0 Å². The Morgan fingerprint density at radius 2 is 2.43 bits per heavy atom. The predicted molar refractivity (Wildman–Crippen MR) is 48.2 cm³/mol. The van der Waals surface area contributed by atoms with Gasteiger partial charge in [-0.15, -0.1) is 0 Å². The molecule has 0 saturated carbocycles. The molecule has 2 heterocycles. The summed E-state index contributed by atoms with van der Waals surface area (Å²) in [4.78, 5) is 10.1. The summed E-state index contributed by atoms with van der Waals surface area (Å²) >= 11 is 0. The Hall–Kier alpha value is -1.59. The molecule has 0 aliphatic carbocycles. The van der Waals surface area contributed by atoms with Gasteiger partial charge in [-0.2, -0.15) is 5.10 Å². The van der Waals surface area contributed by atoms with Crippen molar-refractivity contribution in [2.45, 2.75) is 32.4 Å². The highest BCUT2D eigenvalue weighted by Gasteiger charge is 2.33. The summed E-state index contributed by atoms with van der Waals surface area (Å²) in [6, 6.07) is 0. The fraction of sp³-hybridized carbons (Fsp3) is 0.625. The van der Waals surface area contributed by atoms with Gasteiger partial charge in [0.15, 0.2) is 0 Å². The number of hydrogen-bond acceptors (Lipinski definition) is 4. The molecule has 0 fully saturated rings. The van der Waals surface area contributed by atoms with Crippen LogP contribution in [0.3, 0.4) is 0 Å². The number of ether oxygens (including phenoxy) is 1. The second-order valence-corrected chi connectivity index (χ2v) is 3.93. The van der Waals surface area contributed by atoms with Crippen molar-refractivity contribution in [2.24, 2.45) is 0 Å². The molecule has 76 valence electrons. The molecule has 0 aromatic carbocycles. The highest BCUT2D eigenvalue weighted by Crippen LogP contribution is 2.34. The molecule has 0 bridgehead atoms. The van der Waals surface area contributed by atoms with Crippen molar-refractivity contribution in [3.8, 4) is 5.88 Å². The van der Waals surface area contributed by atoms with Gasteiger partial charge in [-0.05, 0) is 13.8 Å². The Balaban J connectivity index is 2.42. The molecule has 1 aromatic heterocycles. The van der Waals surface area contributed by atoms with E-state index in [2.05, 4.69) is 5.10 Å². The highest BCUT2D eigenvalue weighted by atomic mass is 16.6. The first-order chi connectivity index (χ1) is 6.49. The summed E-state index contributed by atoms with van der Waals surface area (Å²) in [6.45, 7) is 4.48. The summed E-state index contributed by atoms with van der Waals surface area (Å²) in [5.41, 5.74) is -0.404. The topological polar surface area (TPSA) is 70.2 Å². The van der Waals surface area contributed by atoms with Gasteiger partial charge in [0.1, 0.15) is 11.8 Å². The van der Waals surface area contributed by atoms with Gasteiger partial charge < -0.3 is 4.74 Å². The van der Waals surface area contributed by atoms with Crippen molar-refractivity contribution < 1.29 is 9.66 Å². The van der Waals surface area contributed by atoms with Crippen molar-refractivity contribution in [1.29, 1.82) is 0 Å². The Bertz CT molecular complexity index is 383. The molecule has 0 unspecified atom stereocenters. The van der Waals surface area contributed by atoms with Crippen LogP contribution in [0.4, 0.5) is 5.69 Å². The van der Waals surface area contributed by atoms with Gasteiger partial charge >= 0.3 is 5.69 Å². The van der Waals surface area contributed by atoms with Gasteiger partial charge in [0.05, 0.1) is 4.92 Å². The van der Waals surface area contributed by atoms with Crippen LogP contribution >= 0.6 is 0 Å². The maximum Gasteiger partial charge on any atom is 0.350 e. The molecule has 1 aliphatic rings. The summed E-state index contributed by atoms with van der Waals surface area (Å²) in [5, 5.41) is 14.5. The van der Waals surface area contributed by atoms with Crippen LogP contribution in [0.2, 0.25) is 0 Å². The lowest BCUT2D eigenvalue weighted by Gasteiger charge is -2.30. The number of aryl methyl sites for hydroxylation is 1. The van der Waals surface area contributed by atoms with Crippen LogP contribution in [-0.4, -0.2) is 20.3 Å². The number of hydrogen-bond donors (Lipinski definition) is 0. The summed E-state index contributed by atoms with van der Waals surface area (Å²) < 4.78 is 7.04.